The highest BCUT2D eigenvalue weighted by Crippen LogP contribution is 2.37. The van der Waals surface area contributed by atoms with Gasteiger partial charge in [-0.05, 0) is 91.5 Å². The van der Waals surface area contributed by atoms with E-state index in [1.165, 1.54) is 19.2 Å². The summed E-state index contributed by atoms with van der Waals surface area (Å²) in [5.41, 5.74) is 4.35. The van der Waals surface area contributed by atoms with E-state index in [0.29, 0.717) is 63.4 Å². The largest absolute Gasteiger partial charge is 0.488 e. The maximum atomic E-state index is 14.6. The monoisotopic (exact) mass is 721 g/mol. The highest BCUT2D eigenvalue weighted by atomic mass is 19.2. The fourth-order valence-corrected chi connectivity index (χ4v) is 7.07. The topological polar surface area (TPSA) is 88.2 Å². The molecule has 2 heterocycles. The van der Waals surface area contributed by atoms with Crippen LogP contribution in [0.4, 0.5) is 17.6 Å². The normalized spacial score (nSPS) is 18.3. The molecule has 276 valence electrons. The zero-order valence-corrected chi connectivity index (χ0v) is 29.1. The van der Waals surface area contributed by atoms with E-state index in [1.807, 2.05) is 29.2 Å². The van der Waals surface area contributed by atoms with Crippen molar-refractivity contribution in [3.05, 3.63) is 106 Å². The number of fused-ring (bicyclic) bond motifs is 2. The molecule has 1 aliphatic carbocycles. The van der Waals surface area contributed by atoms with Crippen LogP contribution in [0.15, 0.2) is 66.2 Å². The Labute approximate surface area is 300 Å². The molecule has 0 unspecified atom stereocenters. The summed E-state index contributed by atoms with van der Waals surface area (Å²) < 4.78 is 64.9. The first-order valence-corrected chi connectivity index (χ1v) is 17.9. The zero-order chi connectivity index (χ0) is 36.8. The van der Waals surface area contributed by atoms with Gasteiger partial charge < -0.3 is 24.6 Å². The second kappa shape index (κ2) is 16.8. The van der Waals surface area contributed by atoms with Gasteiger partial charge in [0.25, 0.3) is 5.91 Å². The van der Waals surface area contributed by atoms with Crippen LogP contribution in [0.3, 0.4) is 0 Å². The molecule has 2 aliphatic heterocycles. The molecule has 0 aromatic heterocycles. The Hall–Kier alpha value is -4.71. The highest BCUT2D eigenvalue weighted by molar-refractivity contribution is 6.03. The molecule has 8 nitrogen and oxygen atoms in total. The molecular formula is C40H43F4N3O5. The van der Waals surface area contributed by atoms with Gasteiger partial charge >= 0.3 is 5.97 Å². The molecule has 2 bridgehead atoms. The highest BCUT2D eigenvalue weighted by Gasteiger charge is 2.43. The van der Waals surface area contributed by atoms with Gasteiger partial charge in [-0.2, -0.15) is 4.39 Å². The van der Waals surface area contributed by atoms with Crippen LogP contribution >= 0.6 is 0 Å². The number of rotatable bonds is 15. The van der Waals surface area contributed by atoms with Crippen molar-refractivity contribution in [1.82, 2.24) is 15.1 Å². The van der Waals surface area contributed by atoms with E-state index < -0.39 is 29.2 Å². The van der Waals surface area contributed by atoms with E-state index in [9.17, 15) is 31.9 Å². The van der Waals surface area contributed by atoms with Crippen molar-refractivity contribution in [3.63, 3.8) is 0 Å². The Bertz CT molecular complexity index is 1800. The van der Waals surface area contributed by atoms with Gasteiger partial charge in [0.1, 0.15) is 5.82 Å². The summed E-state index contributed by atoms with van der Waals surface area (Å²) in [6.07, 6.45) is 4.64. The molecule has 1 saturated heterocycles. The number of ether oxygens (including phenoxy) is 2. The van der Waals surface area contributed by atoms with Gasteiger partial charge in [-0.1, -0.05) is 36.4 Å². The van der Waals surface area contributed by atoms with Gasteiger partial charge in [-0.15, -0.1) is 0 Å². The second-order valence-electron chi connectivity index (χ2n) is 13.7. The predicted molar refractivity (Wildman–Crippen MR) is 186 cm³/mol. The number of amides is 2. The number of methoxy groups -OCH3 is 1. The Morgan fingerprint density at radius 2 is 1.54 bits per heavy atom. The smallest absolute Gasteiger partial charge is 0.305 e. The molecule has 3 aromatic carbocycles. The van der Waals surface area contributed by atoms with Crippen LogP contribution in [0.1, 0.15) is 61.6 Å². The van der Waals surface area contributed by atoms with Crippen LogP contribution in [-0.4, -0.2) is 79.1 Å². The fraction of sp³-hybridized carbons (Fsp3) is 0.425. The van der Waals surface area contributed by atoms with E-state index in [2.05, 4.69) is 5.32 Å². The summed E-state index contributed by atoms with van der Waals surface area (Å²) in [4.78, 5) is 43.3. The zero-order valence-electron chi connectivity index (χ0n) is 29.1. The lowest BCUT2D eigenvalue weighted by atomic mass is 9.82. The predicted octanol–water partition coefficient (Wildman–Crippen LogP) is 6.16. The van der Waals surface area contributed by atoms with Crippen LogP contribution in [0.2, 0.25) is 0 Å². The van der Waals surface area contributed by atoms with Crippen molar-refractivity contribution in [2.45, 2.75) is 75.9 Å². The molecule has 2 fully saturated rings. The molecule has 3 aliphatic rings. The SMILES string of the molecule is COC(=O)CCCC(=O)N1C[C@H]2CC(c3ccc(CCCOc4c(F)ccc(F)c4F)cc3)=C(C(=O)N(CCc3ccc(F)cc3)C3CC3)[C@@H](C1)N2. The summed E-state index contributed by atoms with van der Waals surface area (Å²) in [6, 6.07) is 15.3. The van der Waals surface area contributed by atoms with Crippen LogP contribution in [-0.2, 0) is 32.0 Å². The van der Waals surface area contributed by atoms with Crippen LogP contribution in [0.25, 0.3) is 5.57 Å². The van der Waals surface area contributed by atoms with Crippen molar-refractivity contribution in [1.29, 1.82) is 0 Å². The van der Waals surface area contributed by atoms with Crippen molar-refractivity contribution >= 4 is 23.4 Å². The average Bonchev–Trinajstić information content (AvgIpc) is 3.99. The molecule has 2 atom stereocenters. The number of nitrogens with zero attached hydrogens (tertiary/aromatic N) is 2. The number of halogens is 4. The van der Waals surface area contributed by atoms with Crippen molar-refractivity contribution in [2.75, 3.05) is 33.4 Å². The minimum Gasteiger partial charge on any atom is -0.488 e. The van der Waals surface area contributed by atoms with Crippen LogP contribution in [0, 0.1) is 23.3 Å². The third-order valence-corrected chi connectivity index (χ3v) is 9.95. The number of hydrogen-bond acceptors (Lipinski definition) is 6. The Morgan fingerprint density at radius 3 is 2.25 bits per heavy atom. The molecule has 0 spiro atoms. The summed E-state index contributed by atoms with van der Waals surface area (Å²) >= 11 is 0. The van der Waals surface area contributed by atoms with Crippen molar-refractivity contribution < 1.29 is 41.4 Å². The number of carbonyl (C=O) groups excluding carboxylic acids is 3. The van der Waals surface area contributed by atoms with Crippen LogP contribution in [0.5, 0.6) is 5.75 Å². The maximum absolute atomic E-state index is 14.6. The minimum atomic E-state index is -1.35. The molecule has 12 heteroatoms. The van der Waals surface area contributed by atoms with E-state index in [4.69, 9.17) is 9.47 Å². The van der Waals surface area contributed by atoms with Gasteiger partial charge in [0.2, 0.25) is 11.7 Å². The lowest BCUT2D eigenvalue weighted by Gasteiger charge is -2.45. The number of aryl methyl sites for hydroxylation is 1. The maximum Gasteiger partial charge on any atom is 0.305 e. The van der Waals surface area contributed by atoms with E-state index in [1.54, 1.807) is 17.0 Å². The Balaban J connectivity index is 1.20. The standard InChI is InChI=1S/C40H43F4N3O5/c1-51-36(49)6-2-5-35(48)46-23-29-22-31(27-11-7-25(8-12-27)4-3-21-52-39-33(43)18-17-32(42)38(39)44)37(34(24-46)45-29)40(50)47(30-15-16-30)20-19-26-9-13-28(41)14-10-26/h7-14,17-18,29-30,34,45H,2-6,15-16,19-24H2,1H3/t29-,34-/m1/s1. The molecule has 1 saturated carbocycles. The van der Waals surface area contributed by atoms with Gasteiger partial charge in [-0.25, -0.2) is 13.2 Å². The number of piperazine rings is 1. The van der Waals surface area contributed by atoms with Gasteiger partial charge in [0, 0.05) is 50.1 Å². The minimum absolute atomic E-state index is 0.00922. The molecule has 3 aromatic rings. The van der Waals surface area contributed by atoms with E-state index in [-0.39, 0.29) is 55.1 Å². The van der Waals surface area contributed by atoms with Gasteiger partial charge in [0.15, 0.2) is 17.4 Å². The number of benzene rings is 3. The number of carbonyl (C=O) groups is 3. The quantitative estimate of drug-likeness (QED) is 0.0877. The number of hydrogen-bond donors (Lipinski definition) is 1. The lowest BCUT2D eigenvalue weighted by molar-refractivity contribution is -0.141. The third kappa shape index (κ3) is 9.01. The third-order valence-electron chi connectivity index (χ3n) is 9.95. The van der Waals surface area contributed by atoms with Crippen molar-refractivity contribution in [2.24, 2.45) is 0 Å². The second-order valence-corrected chi connectivity index (χ2v) is 13.7. The summed E-state index contributed by atoms with van der Waals surface area (Å²) in [7, 11) is 1.32. The Morgan fingerprint density at radius 1 is 0.846 bits per heavy atom. The van der Waals surface area contributed by atoms with Gasteiger partial charge in [0.05, 0.1) is 19.8 Å². The summed E-state index contributed by atoms with van der Waals surface area (Å²) in [5, 5.41) is 3.61. The van der Waals surface area contributed by atoms with Gasteiger partial charge in [-0.3, -0.25) is 14.4 Å². The van der Waals surface area contributed by atoms with E-state index >= 15 is 0 Å². The first kappa shape index (κ1) is 37.1. The van der Waals surface area contributed by atoms with E-state index in [0.717, 1.165) is 41.2 Å². The van der Waals surface area contributed by atoms with Crippen LogP contribution < -0.4 is 10.1 Å². The number of nitrogens with one attached hydrogen (secondary N) is 1. The van der Waals surface area contributed by atoms with Crippen molar-refractivity contribution in [3.8, 4) is 5.75 Å². The Kier molecular flexibility index (Phi) is 11.9. The molecule has 2 amide bonds. The summed E-state index contributed by atoms with van der Waals surface area (Å²) in [5.74, 6) is -5.03. The first-order chi connectivity index (χ1) is 25.1. The molecular weight excluding hydrogens is 678 g/mol. The number of esters is 1. The lowest BCUT2D eigenvalue weighted by Crippen LogP contribution is -2.62. The molecule has 1 N–H and O–H groups in total. The summed E-state index contributed by atoms with van der Waals surface area (Å²) in [6.45, 7) is 1.26. The average molecular weight is 722 g/mol. The molecule has 0 radical (unpaired) electrons. The first-order valence-electron chi connectivity index (χ1n) is 17.9. The fourth-order valence-electron chi connectivity index (χ4n) is 7.07. The molecule has 52 heavy (non-hydrogen) atoms. The molecule has 6 rings (SSSR count).